The van der Waals surface area contributed by atoms with Crippen molar-refractivity contribution in [2.45, 2.75) is 45.4 Å². The van der Waals surface area contributed by atoms with E-state index in [1.54, 1.807) is 0 Å². The van der Waals surface area contributed by atoms with Crippen molar-refractivity contribution in [3.8, 4) is 5.75 Å². The van der Waals surface area contributed by atoms with Crippen LogP contribution in [0.1, 0.15) is 54.9 Å². The molecule has 0 saturated heterocycles. The van der Waals surface area contributed by atoms with Gasteiger partial charge >= 0.3 is 0 Å². The van der Waals surface area contributed by atoms with Crippen molar-refractivity contribution in [1.82, 2.24) is 0 Å². The molecular formula is C15H20O2. The normalized spacial score (nSPS) is 13.9. The highest BCUT2D eigenvalue weighted by Gasteiger charge is 2.13. The van der Waals surface area contributed by atoms with E-state index in [4.69, 9.17) is 4.74 Å². The molecule has 2 rings (SSSR count). The van der Waals surface area contributed by atoms with Crippen molar-refractivity contribution >= 4 is 5.78 Å². The Kier molecular flexibility index (Phi) is 4.18. The number of ether oxygens (including phenoxy) is 1. The molecule has 0 radical (unpaired) electrons. The second-order valence-corrected chi connectivity index (χ2v) is 4.65. The highest BCUT2D eigenvalue weighted by molar-refractivity contribution is 5.96. The van der Waals surface area contributed by atoms with Gasteiger partial charge in [-0.1, -0.05) is 19.8 Å². The van der Waals surface area contributed by atoms with E-state index in [2.05, 4.69) is 6.92 Å². The number of hydrogen-bond donors (Lipinski definition) is 0. The average Bonchev–Trinajstić information content (AvgIpc) is 2.38. The van der Waals surface area contributed by atoms with Gasteiger partial charge in [0.25, 0.3) is 0 Å². The Labute approximate surface area is 103 Å². The lowest BCUT2D eigenvalue weighted by molar-refractivity contribution is 0.0979. The van der Waals surface area contributed by atoms with Crippen LogP contribution in [0.15, 0.2) is 18.2 Å². The third-order valence-corrected chi connectivity index (χ3v) is 3.24. The first-order valence-corrected chi connectivity index (χ1v) is 6.60. The van der Waals surface area contributed by atoms with Crippen molar-refractivity contribution in [3.05, 3.63) is 29.3 Å². The summed E-state index contributed by atoms with van der Waals surface area (Å²) in [6, 6.07) is 5.86. The molecule has 1 aliphatic heterocycles. The molecule has 0 amide bonds. The number of unbranched alkanes of at least 4 members (excludes halogenated alkanes) is 2. The third kappa shape index (κ3) is 3.09. The lowest BCUT2D eigenvalue weighted by atomic mass is 9.99. The zero-order valence-corrected chi connectivity index (χ0v) is 10.5. The zero-order chi connectivity index (χ0) is 12.1. The lowest BCUT2D eigenvalue weighted by Crippen LogP contribution is -2.09. The summed E-state index contributed by atoms with van der Waals surface area (Å²) in [6.45, 7) is 2.96. The molecule has 0 N–H and O–H groups in total. The molecule has 1 aromatic carbocycles. The Morgan fingerprint density at radius 3 is 3.06 bits per heavy atom. The highest BCUT2D eigenvalue weighted by Crippen LogP contribution is 2.26. The summed E-state index contributed by atoms with van der Waals surface area (Å²) in [6.07, 6.45) is 6.06. The fraction of sp³-hybridized carbons (Fsp3) is 0.533. The Morgan fingerprint density at radius 1 is 1.35 bits per heavy atom. The fourth-order valence-corrected chi connectivity index (χ4v) is 2.21. The van der Waals surface area contributed by atoms with Gasteiger partial charge in [-0.05, 0) is 43.0 Å². The second-order valence-electron chi connectivity index (χ2n) is 4.65. The average molecular weight is 232 g/mol. The van der Waals surface area contributed by atoms with Gasteiger partial charge in [0.2, 0.25) is 0 Å². The maximum atomic E-state index is 12.0. The third-order valence-electron chi connectivity index (χ3n) is 3.24. The van der Waals surface area contributed by atoms with Gasteiger partial charge in [-0.2, -0.15) is 0 Å². The number of carbonyl (C=O) groups is 1. The Hall–Kier alpha value is -1.31. The molecule has 0 atom stereocenters. The van der Waals surface area contributed by atoms with E-state index < -0.39 is 0 Å². The summed E-state index contributed by atoms with van der Waals surface area (Å²) in [4.78, 5) is 12.0. The minimum atomic E-state index is 0.270. The maximum absolute atomic E-state index is 12.0. The second kappa shape index (κ2) is 5.85. The molecule has 0 spiro atoms. The van der Waals surface area contributed by atoms with Gasteiger partial charge in [0, 0.05) is 12.0 Å². The van der Waals surface area contributed by atoms with Crippen LogP contribution in [0.2, 0.25) is 0 Å². The number of benzene rings is 1. The van der Waals surface area contributed by atoms with Crippen LogP contribution >= 0.6 is 0 Å². The molecule has 2 nitrogen and oxygen atoms in total. The first-order chi connectivity index (χ1) is 8.31. The van der Waals surface area contributed by atoms with Gasteiger partial charge in [-0.15, -0.1) is 0 Å². The van der Waals surface area contributed by atoms with Crippen molar-refractivity contribution in [2.24, 2.45) is 0 Å². The van der Waals surface area contributed by atoms with Crippen LogP contribution in [-0.2, 0) is 6.42 Å². The highest BCUT2D eigenvalue weighted by atomic mass is 16.5. The molecule has 1 aliphatic rings. The SMILES string of the molecule is CCCCCC(=O)c1ccc2c(c1)CCCO2. The number of fused-ring (bicyclic) bond motifs is 1. The molecule has 0 aliphatic carbocycles. The van der Waals surface area contributed by atoms with Gasteiger partial charge in [0.1, 0.15) is 5.75 Å². The van der Waals surface area contributed by atoms with E-state index in [-0.39, 0.29) is 5.78 Å². The van der Waals surface area contributed by atoms with Crippen molar-refractivity contribution in [1.29, 1.82) is 0 Å². The minimum absolute atomic E-state index is 0.270. The number of ketones is 1. The van der Waals surface area contributed by atoms with E-state index in [9.17, 15) is 4.79 Å². The van der Waals surface area contributed by atoms with Crippen molar-refractivity contribution in [2.75, 3.05) is 6.61 Å². The molecule has 17 heavy (non-hydrogen) atoms. The smallest absolute Gasteiger partial charge is 0.162 e. The summed E-state index contributed by atoms with van der Waals surface area (Å²) < 4.78 is 5.55. The summed E-state index contributed by atoms with van der Waals surface area (Å²) in [5.74, 6) is 1.23. The predicted octanol–water partition coefficient (Wildman–Crippen LogP) is 3.77. The summed E-state index contributed by atoms with van der Waals surface area (Å²) >= 11 is 0. The van der Waals surface area contributed by atoms with E-state index in [0.29, 0.717) is 6.42 Å². The monoisotopic (exact) mass is 232 g/mol. The van der Waals surface area contributed by atoms with Gasteiger partial charge in [0.15, 0.2) is 5.78 Å². The minimum Gasteiger partial charge on any atom is -0.493 e. The van der Waals surface area contributed by atoms with Gasteiger partial charge in [0.05, 0.1) is 6.61 Å². The van der Waals surface area contributed by atoms with Gasteiger partial charge in [-0.3, -0.25) is 4.79 Å². The molecule has 2 heteroatoms. The molecule has 0 saturated carbocycles. The van der Waals surface area contributed by atoms with Gasteiger partial charge < -0.3 is 4.74 Å². The first-order valence-electron chi connectivity index (χ1n) is 6.60. The summed E-state index contributed by atoms with van der Waals surface area (Å²) in [5.41, 5.74) is 2.04. The first kappa shape index (κ1) is 12.2. The summed E-state index contributed by atoms with van der Waals surface area (Å²) in [7, 11) is 0. The maximum Gasteiger partial charge on any atom is 0.162 e. The van der Waals surface area contributed by atoms with Crippen LogP contribution in [0.4, 0.5) is 0 Å². The number of rotatable bonds is 5. The van der Waals surface area contributed by atoms with Crippen molar-refractivity contribution in [3.63, 3.8) is 0 Å². The van der Waals surface area contributed by atoms with E-state index in [0.717, 1.165) is 50.0 Å². The van der Waals surface area contributed by atoms with Crippen LogP contribution in [0.5, 0.6) is 5.75 Å². The fourth-order valence-electron chi connectivity index (χ4n) is 2.21. The lowest BCUT2D eigenvalue weighted by Gasteiger charge is -2.17. The number of aryl methyl sites for hydroxylation is 1. The van der Waals surface area contributed by atoms with Crippen LogP contribution in [0.25, 0.3) is 0 Å². The standard InChI is InChI=1S/C15H20O2/c1-2-3-4-7-14(16)12-8-9-15-13(11-12)6-5-10-17-15/h8-9,11H,2-7,10H2,1H3. The zero-order valence-electron chi connectivity index (χ0n) is 10.5. The number of carbonyl (C=O) groups excluding carboxylic acids is 1. The van der Waals surface area contributed by atoms with E-state index in [1.165, 1.54) is 5.56 Å². The Balaban J connectivity index is 2.03. The quantitative estimate of drug-likeness (QED) is 0.570. The molecule has 0 unspecified atom stereocenters. The molecule has 1 heterocycles. The van der Waals surface area contributed by atoms with E-state index >= 15 is 0 Å². The largest absolute Gasteiger partial charge is 0.493 e. The molecular weight excluding hydrogens is 212 g/mol. The topological polar surface area (TPSA) is 26.3 Å². The number of Topliss-reactive ketones (excluding diaryl/α,β-unsaturated/α-hetero) is 1. The molecule has 0 bridgehead atoms. The molecule has 0 aromatic heterocycles. The Morgan fingerprint density at radius 2 is 2.24 bits per heavy atom. The molecule has 92 valence electrons. The van der Waals surface area contributed by atoms with Crippen molar-refractivity contribution < 1.29 is 9.53 Å². The Bertz CT molecular complexity index is 396. The van der Waals surface area contributed by atoms with Crippen LogP contribution in [-0.4, -0.2) is 12.4 Å². The van der Waals surface area contributed by atoms with Gasteiger partial charge in [-0.25, -0.2) is 0 Å². The molecule has 0 fully saturated rings. The molecule has 1 aromatic rings. The van der Waals surface area contributed by atoms with Crippen LogP contribution in [0, 0.1) is 0 Å². The van der Waals surface area contributed by atoms with Crippen LogP contribution in [0.3, 0.4) is 0 Å². The number of hydrogen-bond acceptors (Lipinski definition) is 2. The summed E-state index contributed by atoms with van der Waals surface area (Å²) in [5, 5.41) is 0. The van der Waals surface area contributed by atoms with Crippen LogP contribution < -0.4 is 4.74 Å². The predicted molar refractivity (Wildman–Crippen MR) is 68.7 cm³/mol. The van der Waals surface area contributed by atoms with E-state index in [1.807, 2.05) is 18.2 Å².